The minimum absolute atomic E-state index is 0.00719. The molecule has 0 spiro atoms. The summed E-state index contributed by atoms with van der Waals surface area (Å²) in [6, 6.07) is 0. The fourth-order valence-corrected chi connectivity index (χ4v) is 2.29. The first-order valence-electron chi connectivity index (χ1n) is 9.29. The van der Waals surface area contributed by atoms with Gasteiger partial charge in [-0.1, -0.05) is 34.1 Å². The molecule has 0 aromatic heterocycles. The van der Waals surface area contributed by atoms with Gasteiger partial charge in [0.15, 0.2) is 0 Å². The quantitative estimate of drug-likeness (QED) is 0.521. The van der Waals surface area contributed by atoms with E-state index in [9.17, 15) is 0 Å². The zero-order valence-electron chi connectivity index (χ0n) is 16.4. The van der Waals surface area contributed by atoms with Crippen molar-refractivity contribution in [3.63, 3.8) is 0 Å². The molecule has 0 aliphatic heterocycles. The molecule has 4 nitrogen and oxygen atoms in total. The van der Waals surface area contributed by atoms with Gasteiger partial charge in [-0.2, -0.15) is 0 Å². The Bertz CT molecular complexity index is 270. The second-order valence-electron chi connectivity index (χ2n) is 7.31. The summed E-state index contributed by atoms with van der Waals surface area (Å²) in [5.41, 5.74) is 0. The molecule has 5 unspecified atom stereocenters. The van der Waals surface area contributed by atoms with E-state index in [1.165, 1.54) is 6.42 Å². The van der Waals surface area contributed by atoms with Crippen LogP contribution in [0.25, 0.3) is 0 Å². The maximum absolute atomic E-state index is 8.94. The van der Waals surface area contributed by atoms with E-state index in [1.54, 1.807) is 0 Å². The Labute approximate surface area is 143 Å². The monoisotopic (exact) mass is 332 g/mol. The van der Waals surface area contributed by atoms with Crippen LogP contribution in [0.5, 0.6) is 0 Å². The van der Waals surface area contributed by atoms with E-state index < -0.39 is 0 Å². The average Bonchev–Trinajstić information content (AvgIpc) is 2.53. The first kappa shape index (κ1) is 22.8. The Morgan fingerprint density at radius 2 is 1.35 bits per heavy atom. The van der Waals surface area contributed by atoms with Gasteiger partial charge in [-0.25, -0.2) is 0 Å². The molecule has 0 aromatic carbocycles. The molecular formula is C19H40O4. The molecule has 0 fully saturated rings. The number of aliphatic hydroxyl groups excluding tert-OH is 1. The maximum atomic E-state index is 8.94. The van der Waals surface area contributed by atoms with Crippen molar-refractivity contribution in [2.45, 2.75) is 92.1 Å². The summed E-state index contributed by atoms with van der Waals surface area (Å²) < 4.78 is 17.5. The van der Waals surface area contributed by atoms with Gasteiger partial charge in [-0.3, -0.25) is 0 Å². The Kier molecular flexibility index (Phi) is 13.1. The highest BCUT2D eigenvalue weighted by Crippen LogP contribution is 2.21. The van der Waals surface area contributed by atoms with E-state index in [1.807, 2.05) is 13.8 Å². The predicted octanol–water partition coefficient (Wildman–Crippen LogP) is 4.04. The molecule has 23 heavy (non-hydrogen) atoms. The predicted molar refractivity (Wildman–Crippen MR) is 95.8 cm³/mol. The molecule has 4 heteroatoms. The smallest absolute Gasteiger partial charge is 0.0784 e. The van der Waals surface area contributed by atoms with Crippen molar-refractivity contribution in [3.8, 4) is 0 Å². The standard InChI is InChI=1S/C19H40O4/c1-8-15(4)19(10-9-14(2)3)23-18(7)13-22-17(6)12-21-16(5)11-20/h14-20H,8-13H2,1-7H3. The van der Waals surface area contributed by atoms with Crippen LogP contribution >= 0.6 is 0 Å². The molecule has 0 radical (unpaired) electrons. The Balaban J connectivity index is 4.12. The summed E-state index contributed by atoms with van der Waals surface area (Å²) in [5, 5.41) is 8.94. The lowest BCUT2D eigenvalue weighted by Crippen LogP contribution is -2.31. The Hall–Kier alpha value is -0.160. The van der Waals surface area contributed by atoms with E-state index >= 15 is 0 Å². The van der Waals surface area contributed by atoms with E-state index in [2.05, 4.69) is 34.6 Å². The minimum Gasteiger partial charge on any atom is -0.394 e. The summed E-state index contributed by atoms with van der Waals surface area (Å²) in [6.45, 7) is 16.0. The van der Waals surface area contributed by atoms with Crippen LogP contribution < -0.4 is 0 Å². The van der Waals surface area contributed by atoms with Gasteiger partial charge in [0.25, 0.3) is 0 Å². The normalized spacial score (nSPS) is 18.7. The van der Waals surface area contributed by atoms with Crippen molar-refractivity contribution in [1.29, 1.82) is 0 Å². The van der Waals surface area contributed by atoms with E-state index in [0.717, 1.165) is 12.8 Å². The average molecular weight is 333 g/mol. The number of ether oxygens (including phenoxy) is 3. The van der Waals surface area contributed by atoms with Gasteiger partial charge in [-0.15, -0.1) is 0 Å². The Morgan fingerprint density at radius 1 is 0.783 bits per heavy atom. The van der Waals surface area contributed by atoms with Crippen LogP contribution in [0, 0.1) is 11.8 Å². The molecule has 0 saturated carbocycles. The number of rotatable bonds is 14. The second kappa shape index (κ2) is 13.2. The fourth-order valence-electron chi connectivity index (χ4n) is 2.29. The summed E-state index contributed by atoms with van der Waals surface area (Å²) >= 11 is 0. The fraction of sp³-hybridized carbons (Fsp3) is 1.00. The minimum atomic E-state index is -0.138. The van der Waals surface area contributed by atoms with Crippen LogP contribution in [-0.2, 0) is 14.2 Å². The Morgan fingerprint density at radius 3 is 1.87 bits per heavy atom. The topological polar surface area (TPSA) is 47.9 Å². The van der Waals surface area contributed by atoms with E-state index in [0.29, 0.717) is 31.2 Å². The SMILES string of the molecule is CCC(C)C(CCC(C)C)OC(C)COC(C)COC(C)CO. The third-order valence-corrected chi connectivity index (χ3v) is 4.20. The van der Waals surface area contributed by atoms with Crippen molar-refractivity contribution in [3.05, 3.63) is 0 Å². The van der Waals surface area contributed by atoms with Crippen molar-refractivity contribution < 1.29 is 19.3 Å². The summed E-state index contributed by atoms with van der Waals surface area (Å²) in [4.78, 5) is 0. The molecule has 0 rings (SSSR count). The lowest BCUT2D eigenvalue weighted by molar-refractivity contribution is -0.101. The largest absolute Gasteiger partial charge is 0.394 e. The number of hydrogen-bond donors (Lipinski definition) is 1. The summed E-state index contributed by atoms with van der Waals surface area (Å²) in [6.07, 6.45) is 3.71. The highest BCUT2D eigenvalue weighted by molar-refractivity contribution is 4.68. The van der Waals surface area contributed by atoms with Crippen molar-refractivity contribution >= 4 is 0 Å². The van der Waals surface area contributed by atoms with Gasteiger partial charge in [0.05, 0.1) is 44.2 Å². The maximum Gasteiger partial charge on any atom is 0.0784 e. The van der Waals surface area contributed by atoms with Crippen molar-refractivity contribution in [2.24, 2.45) is 11.8 Å². The van der Waals surface area contributed by atoms with Crippen LogP contribution in [0.2, 0.25) is 0 Å². The van der Waals surface area contributed by atoms with Gasteiger partial charge in [-0.05, 0) is 45.4 Å². The van der Waals surface area contributed by atoms with Gasteiger partial charge < -0.3 is 19.3 Å². The highest BCUT2D eigenvalue weighted by atomic mass is 16.6. The molecule has 0 aliphatic rings. The van der Waals surface area contributed by atoms with Crippen molar-refractivity contribution in [1.82, 2.24) is 0 Å². The summed E-state index contributed by atoms with van der Waals surface area (Å²) in [7, 11) is 0. The van der Waals surface area contributed by atoms with Crippen LogP contribution in [-0.4, -0.2) is 49.3 Å². The third-order valence-electron chi connectivity index (χ3n) is 4.20. The van der Waals surface area contributed by atoms with Gasteiger partial charge in [0.1, 0.15) is 0 Å². The molecule has 140 valence electrons. The highest BCUT2D eigenvalue weighted by Gasteiger charge is 2.20. The van der Waals surface area contributed by atoms with Crippen LogP contribution in [0.15, 0.2) is 0 Å². The van der Waals surface area contributed by atoms with Crippen LogP contribution in [0.1, 0.15) is 67.7 Å². The second-order valence-corrected chi connectivity index (χ2v) is 7.31. The zero-order valence-corrected chi connectivity index (χ0v) is 16.4. The molecule has 0 aliphatic carbocycles. The van der Waals surface area contributed by atoms with Crippen LogP contribution in [0.4, 0.5) is 0 Å². The third kappa shape index (κ3) is 11.9. The molecule has 0 aromatic rings. The molecule has 1 N–H and O–H groups in total. The zero-order chi connectivity index (χ0) is 17.8. The number of aliphatic hydroxyl groups is 1. The molecule has 0 heterocycles. The van der Waals surface area contributed by atoms with Gasteiger partial charge >= 0.3 is 0 Å². The first-order valence-corrected chi connectivity index (χ1v) is 9.29. The van der Waals surface area contributed by atoms with E-state index in [-0.39, 0.29) is 24.9 Å². The lowest BCUT2D eigenvalue weighted by atomic mass is 9.94. The molecule has 0 saturated heterocycles. The summed E-state index contributed by atoms with van der Waals surface area (Å²) in [5.74, 6) is 1.28. The molecule has 0 bridgehead atoms. The lowest BCUT2D eigenvalue weighted by Gasteiger charge is -2.28. The first-order chi connectivity index (χ1) is 10.8. The molecular weight excluding hydrogens is 292 g/mol. The van der Waals surface area contributed by atoms with Crippen molar-refractivity contribution in [2.75, 3.05) is 19.8 Å². The molecule has 5 atom stereocenters. The number of hydrogen-bond acceptors (Lipinski definition) is 4. The van der Waals surface area contributed by atoms with E-state index in [4.69, 9.17) is 19.3 Å². The van der Waals surface area contributed by atoms with Gasteiger partial charge in [0, 0.05) is 0 Å². The molecule has 0 amide bonds. The van der Waals surface area contributed by atoms with Gasteiger partial charge in [0.2, 0.25) is 0 Å². The van der Waals surface area contributed by atoms with Crippen LogP contribution in [0.3, 0.4) is 0 Å².